The second-order valence-corrected chi connectivity index (χ2v) is 7.46. The van der Waals surface area contributed by atoms with E-state index in [1.54, 1.807) is 14.0 Å². The Hall–Kier alpha value is -0.693. The molecule has 0 aliphatic heterocycles. The van der Waals surface area contributed by atoms with E-state index in [1.807, 2.05) is 13.8 Å². The fourth-order valence-electron chi connectivity index (χ4n) is 1.50. The maximum atomic E-state index is 11.3. The van der Waals surface area contributed by atoms with Gasteiger partial charge in [0, 0.05) is 31.9 Å². The highest BCUT2D eigenvalue weighted by Crippen LogP contribution is 2.18. The van der Waals surface area contributed by atoms with Crippen molar-refractivity contribution < 1.29 is 22.8 Å². The molecule has 0 aliphatic carbocycles. The Morgan fingerprint density at radius 1 is 1.10 bits per heavy atom. The van der Waals surface area contributed by atoms with E-state index in [-0.39, 0.29) is 5.97 Å². The SMILES string of the molecule is C=C(C)C(=O)OCCC[Si](OC)(OCCC)OCCC. The normalized spacial score (nSPS) is 11.4. The molecular weight excluding hydrogens is 276 g/mol. The molecule has 0 aromatic heterocycles. The zero-order valence-corrected chi connectivity index (χ0v) is 14.2. The highest BCUT2D eigenvalue weighted by atomic mass is 28.4. The lowest BCUT2D eigenvalue weighted by atomic mass is 10.4. The Kier molecular flexibility index (Phi) is 10.6. The van der Waals surface area contributed by atoms with Crippen LogP contribution in [-0.4, -0.2) is 41.7 Å². The third kappa shape index (κ3) is 7.79. The third-order valence-electron chi connectivity index (χ3n) is 2.57. The van der Waals surface area contributed by atoms with Crippen LogP contribution in [-0.2, 0) is 22.8 Å². The number of esters is 1. The number of carbonyl (C=O) groups excluding carboxylic acids is 1. The van der Waals surface area contributed by atoms with Crippen LogP contribution in [0.1, 0.15) is 40.0 Å². The first-order valence-electron chi connectivity index (χ1n) is 7.17. The molecule has 0 amide bonds. The second-order valence-electron chi connectivity index (χ2n) is 4.60. The molecule has 0 aliphatic rings. The summed E-state index contributed by atoms with van der Waals surface area (Å²) in [5, 5.41) is 0. The van der Waals surface area contributed by atoms with Crippen LogP contribution < -0.4 is 0 Å². The van der Waals surface area contributed by atoms with Crippen molar-refractivity contribution in [3.8, 4) is 0 Å². The van der Waals surface area contributed by atoms with Crippen LogP contribution >= 0.6 is 0 Å². The van der Waals surface area contributed by atoms with Crippen LogP contribution in [0.15, 0.2) is 12.2 Å². The van der Waals surface area contributed by atoms with E-state index >= 15 is 0 Å². The van der Waals surface area contributed by atoms with Gasteiger partial charge in [0.1, 0.15) is 0 Å². The second kappa shape index (κ2) is 11.0. The molecule has 0 spiro atoms. The van der Waals surface area contributed by atoms with E-state index in [4.69, 9.17) is 18.0 Å². The lowest BCUT2D eigenvalue weighted by molar-refractivity contribution is -0.139. The lowest BCUT2D eigenvalue weighted by Crippen LogP contribution is -2.45. The molecule has 118 valence electrons. The fourth-order valence-corrected chi connectivity index (χ4v) is 3.92. The quantitative estimate of drug-likeness (QED) is 0.240. The Morgan fingerprint density at radius 2 is 1.65 bits per heavy atom. The minimum absolute atomic E-state index is 0.328. The highest BCUT2D eigenvalue weighted by Gasteiger charge is 2.39. The number of rotatable bonds is 12. The van der Waals surface area contributed by atoms with Gasteiger partial charge in [0.15, 0.2) is 0 Å². The van der Waals surface area contributed by atoms with Crippen LogP contribution in [0.2, 0.25) is 6.04 Å². The molecular formula is C14H28O5Si. The fraction of sp³-hybridized carbons (Fsp3) is 0.786. The van der Waals surface area contributed by atoms with Gasteiger partial charge in [-0.15, -0.1) is 0 Å². The van der Waals surface area contributed by atoms with Gasteiger partial charge >= 0.3 is 14.8 Å². The van der Waals surface area contributed by atoms with E-state index in [0.717, 1.165) is 12.8 Å². The minimum atomic E-state index is -2.62. The average Bonchev–Trinajstić information content (AvgIpc) is 2.45. The first-order chi connectivity index (χ1) is 9.51. The summed E-state index contributed by atoms with van der Waals surface area (Å²) in [5.41, 5.74) is 0.407. The van der Waals surface area contributed by atoms with Gasteiger partial charge in [-0.25, -0.2) is 4.79 Å². The molecule has 0 bridgehead atoms. The standard InChI is InChI=1S/C14H28O5Si/c1-6-9-18-20(16-5,19-10-7-2)12-8-11-17-14(15)13(3)4/h3,6-12H2,1-2,4-5H3. The van der Waals surface area contributed by atoms with E-state index in [9.17, 15) is 4.79 Å². The smallest absolute Gasteiger partial charge is 0.462 e. The van der Waals surface area contributed by atoms with Crippen molar-refractivity contribution in [2.45, 2.75) is 46.1 Å². The molecule has 0 rings (SSSR count). The Bertz CT molecular complexity index is 285. The molecule has 0 aromatic rings. The molecule has 0 unspecified atom stereocenters. The Balaban J connectivity index is 4.25. The molecule has 0 radical (unpaired) electrons. The molecule has 0 heterocycles. The van der Waals surface area contributed by atoms with Gasteiger partial charge in [0.05, 0.1) is 6.61 Å². The summed E-state index contributed by atoms with van der Waals surface area (Å²) in [7, 11) is -1.00. The molecule has 0 fully saturated rings. The summed E-state index contributed by atoms with van der Waals surface area (Å²) >= 11 is 0. The van der Waals surface area contributed by atoms with E-state index < -0.39 is 8.80 Å². The van der Waals surface area contributed by atoms with Crippen molar-refractivity contribution in [3.63, 3.8) is 0 Å². The van der Waals surface area contributed by atoms with Crippen molar-refractivity contribution in [2.24, 2.45) is 0 Å². The van der Waals surface area contributed by atoms with E-state index in [2.05, 4.69) is 6.58 Å². The maximum Gasteiger partial charge on any atom is 0.500 e. The zero-order valence-electron chi connectivity index (χ0n) is 13.2. The third-order valence-corrected chi connectivity index (χ3v) is 5.45. The van der Waals surface area contributed by atoms with Crippen LogP contribution in [0.25, 0.3) is 0 Å². The van der Waals surface area contributed by atoms with Gasteiger partial charge in [0.2, 0.25) is 0 Å². The van der Waals surface area contributed by atoms with Crippen molar-refractivity contribution >= 4 is 14.8 Å². The number of hydrogen-bond acceptors (Lipinski definition) is 5. The number of carbonyl (C=O) groups is 1. The van der Waals surface area contributed by atoms with Gasteiger partial charge in [-0.1, -0.05) is 20.4 Å². The molecule has 0 N–H and O–H groups in total. The van der Waals surface area contributed by atoms with Gasteiger partial charge in [-0.2, -0.15) is 0 Å². The Labute approximate surface area is 123 Å². The molecule has 20 heavy (non-hydrogen) atoms. The van der Waals surface area contributed by atoms with Crippen molar-refractivity contribution in [3.05, 3.63) is 12.2 Å². The van der Waals surface area contributed by atoms with Crippen LogP contribution in [0.3, 0.4) is 0 Å². The van der Waals surface area contributed by atoms with Gasteiger partial charge in [-0.3, -0.25) is 0 Å². The average molecular weight is 304 g/mol. The summed E-state index contributed by atoms with van der Waals surface area (Å²) in [6.07, 6.45) is 2.49. The molecule has 0 atom stereocenters. The van der Waals surface area contributed by atoms with Gasteiger partial charge in [-0.05, 0) is 26.2 Å². The summed E-state index contributed by atoms with van der Waals surface area (Å²) in [4.78, 5) is 11.3. The summed E-state index contributed by atoms with van der Waals surface area (Å²) in [6, 6.07) is 0.646. The number of hydrogen-bond donors (Lipinski definition) is 0. The predicted molar refractivity (Wildman–Crippen MR) is 80.4 cm³/mol. The summed E-state index contributed by atoms with van der Waals surface area (Å²) in [6.45, 7) is 10.8. The van der Waals surface area contributed by atoms with E-state index in [1.165, 1.54) is 0 Å². The Morgan fingerprint density at radius 3 is 2.05 bits per heavy atom. The first-order valence-corrected chi connectivity index (χ1v) is 9.10. The molecule has 0 saturated heterocycles. The highest BCUT2D eigenvalue weighted by molar-refractivity contribution is 6.60. The zero-order chi connectivity index (χ0) is 15.4. The molecule has 5 nitrogen and oxygen atoms in total. The maximum absolute atomic E-state index is 11.3. The van der Waals surface area contributed by atoms with E-state index in [0.29, 0.717) is 37.9 Å². The predicted octanol–water partition coefficient (Wildman–Crippen LogP) is 2.93. The van der Waals surface area contributed by atoms with Crippen molar-refractivity contribution in [1.29, 1.82) is 0 Å². The van der Waals surface area contributed by atoms with Gasteiger partial charge < -0.3 is 18.0 Å². The topological polar surface area (TPSA) is 54.0 Å². The number of ether oxygens (including phenoxy) is 1. The van der Waals surface area contributed by atoms with Crippen molar-refractivity contribution in [1.82, 2.24) is 0 Å². The molecule has 0 saturated carbocycles. The first kappa shape index (κ1) is 19.3. The molecule has 0 aromatic carbocycles. The lowest BCUT2D eigenvalue weighted by Gasteiger charge is -2.28. The van der Waals surface area contributed by atoms with Crippen LogP contribution in [0, 0.1) is 0 Å². The minimum Gasteiger partial charge on any atom is -0.462 e. The van der Waals surface area contributed by atoms with Gasteiger partial charge in [0.25, 0.3) is 0 Å². The monoisotopic (exact) mass is 304 g/mol. The summed E-state index contributed by atoms with van der Waals surface area (Å²) in [5.74, 6) is -0.362. The van der Waals surface area contributed by atoms with Crippen LogP contribution in [0.4, 0.5) is 0 Å². The largest absolute Gasteiger partial charge is 0.500 e. The summed E-state index contributed by atoms with van der Waals surface area (Å²) < 4.78 is 22.2. The van der Waals surface area contributed by atoms with Crippen molar-refractivity contribution in [2.75, 3.05) is 26.9 Å². The van der Waals surface area contributed by atoms with Crippen LogP contribution in [0.5, 0.6) is 0 Å². The molecule has 6 heteroatoms.